The molecule has 6 heteroatoms. The van der Waals surface area contributed by atoms with E-state index in [1.165, 1.54) is 6.20 Å². The second-order valence-corrected chi connectivity index (χ2v) is 4.85. The minimum Gasteiger partial charge on any atom is -0.481 e. The van der Waals surface area contributed by atoms with Crippen molar-refractivity contribution in [3.63, 3.8) is 0 Å². The number of ether oxygens (including phenoxy) is 1. The van der Waals surface area contributed by atoms with Crippen molar-refractivity contribution in [2.45, 2.75) is 19.4 Å². The lowest BCUT2D eigenvalue weighted by Crippen LogP contribution is -2.30. The van der Waals surface area contributed by atoms with Crippen molar-refractivity contribution >= 4 is 11.9 Å². The zero-order valence-corrected chi connectivity index (χ0v) is 12.7. The molecule has 0 fully saturated rings. The largest absolute Gasteiger partial charge is 0.481 e. The summed E-state index contributed by atoms with van der Waals surface area (Å²) >= 11 is 0. The van der Waals surface area contributed by atoms with E-state index in [0.717, 1.165) is 5.56 Å². The molecular weight excluding hydrogens is 296 g/mol. The lowest BCUT2D eigenvalue weighted by Gasteiger charge is -2.17. The van der Waals surface area contributed by atoms with Crippen LogP contribution in [0.15, 0.2) is 48.7 Å². The molecule has 0 spiro atoms. The lowest BCUT2D eigenvalue weighted by atomic mass is 10.0. The Labute approximate surface area is 134 Å². The Morgan fingerprint density at radius 1 is 1.22 bits per heavy atom. The Kier molecular flexibility index (Phi) is 5.68. The van der Waals surface area contributed by atoms with Crippen molar-refractivity contribution in [3.05, 3.63) is 59.8 Å². The first-order chi connectivity index (χ1) is 11.1. The predicted molar refractivity (Wildman–Crippen MR) is 84.3 cm³/mol. The van der Waals surface area contributed by atoms with Crippen molar-refractivity contribution < 1.29 is 19.4 Å². The third-order valence-electron chi connectivity index (χ3n) is 3.18. The molecule has 6 nitrogen and oxygen atoms in total. The Morgan fingerprint density at radius 3 is 2.52 bits per heavy atom. The minimum absolute atomic E-state index is 0.194. The molecule has 1 aromatic carbocycles. The zero-order chi connectivity index (χ0) is 16.7. The zero-order valence-electron chi connectivity index (χ0n) is 12.7. The van der Waals surface area contributed by atoms with E-state index in [2.05, 4.69) is 10.3 Å². The van der Waals surface area contributed by atoms with E-state index >= 15 is 0 Å². The van der Waals surface area contributed by atoms with Gasteiger partial charge in [-0.2, -0.15) is 0 Å². The number of nitrogens with one attached hydrogen (secondary N) is 1. The molecule has 1 heterocycles. The molecule has 120 valence electrons. The first-order valence-electron chi connectivity index (χ1n) is 7.26. The normalized spacial score (nSPS) is 11.5. The summed E-state index contributed by atoms with van der Waals surface area (Å²) in [7, 11) is 0. The Bertz CT molecular complexity index is 656. The third kappa shape index (κ3) is 4.81. The van der Waals surface area contributed by atoms with Gasteiger partial charge in [0, 0.05) is 12.3 Å². The summed E-state index contributed by atoms with van der Waals surface area (Å²) in [5.74, 6) is -0.922. The first kappa shape index (κ1) is 16.5. The highest BCUT2D eigenvalue weighted by Gasteiger charge is 2.19. The molecule has 23 heavy (non-hydrogen) atoms. The Hall–Kier alpha value is -2.89. The van der Waals surface area contributed by atoms with E-state index in [1.54, 1.807) is 36.4 Å². The van der Waals surface area contributed by atoms with E-state index in [4.69, 9.17) is 9.84 Å². The fourth-order valence-electron chi connectivity index (χ4n) is 2.10. The average molecular weight is 314 g/mol. The summed E-state index contributed by atoms with van der Waals surface area (Å²) in [6, 6.07) is 11.6. The number of pyridine rings is 1. The standard InChI is InChI=1S/C17H18N2O4/c1-2-23-15-9-8-13(11-18-15)17(22)19-14(10-16(20)21)12-6-4-3-5-7-12/h3-9,11,14H,2,10H2,1H3,(H,19,22)(H,20,21)/t14-/m0/s1. The fraction of sp³-hybridized carbons (Fsp3) is 0.235. The van der Waals surface area contributed by atoms with Crippen molar-refractivity contribution in [2.24, 2.45) is 0 Å². The quantitative estimate of drug-likeness (QED) is 0.819. The maximum Gasteiger partial charge on any atom is 0.305 e. The van der Waals surface area contributed by atoms with Gasteiger partial charge in [-0.05, 0) is 18.6 Å². The molecule has 2 N–H and O–H groups in total. The number of amides is 1. The molecule has 0 bridgehead atoms. The minimum atomic E-state index is -0.982. The lowest BCUT2D eigenvalue weighted by molar-refractivity contribution is -0.137. The Morgan fingerprint density at radius 2 is 1.96 bits per heavy atom. The van der Waals surface area contributed by atoms with Gasteiger partial charge in [-0.1, -0.05) is 30.3 Å². The smallest absolute Gasteiger partial charge is 0.305 e. The van der Waals surface area contributed by atoms with Gasteiger partial charge in [0.15, 0.2) is 0 Å². The summed E-state index contributed by atoms with van der Waals surface area (Å²) in [4.78, 5) is 27.4. The van der Waals surface area contributed by atoms with Crippen LogP contribution in [-0.4, -0.2) is 28.6 Å². The molecule has 0 aliphatic carbocycles. The summed E-state index contributed by atoms with van der Waals surface area (Å²) in [5.41, 5.74) is 1.09. The number of nitrogens with zero attached hydrogens (tertiary/aromatic N) is 1. The number of carbonyl (C=O) groups is 2. The number of carbonyl (C=O) groups excluding carboxylic acids is 1. The van der Waals surface area contributed by atoms with E-state index < -0.39 is 12.0 Å². The summed E-state index contributed by atoms with van der Waals surface area (Å²) in [5, 5.41) is 11.8. The van der Waals surface area contributed by atoms with Gasteiger partial charge in [-0.25, -0.2) is 4.98 Å². The van der Waals surface area contributed by atoms with Crippen molar-refractivity contribution in [1.82, 2.24) is 10.3 Å². The molecule has 0 saturated carbocycles. The highest BCUT2D eigenvalue weighted by atomic mass is 16.5. The number of hydrogen-bond donors (Lipinski definition) is 2. The maximum absolute atomic E-state index is 12.3. The van der Waals surface area contributed by atoms with Crippen LogP contribution in [0.3, 0.4) is 0 Å². The first-order valence-corrected chi connectivity index (χ1v) is 7.26. The van der Waals surface area contributed by atoms with Crippen molar-refractivity contribution in [1.29, 1.82) is 0 Å². The molecule has 1 amide bonds. The van der Waals surface area contributed by atoms with Crippen LogP contribution in [0, 0.1) is 0 Å². The molecule has 1 atom stereocenters. The molecule has 2 aromatic rings. The number of carboxylic acid groups (broad SMARTS) is 1. The van der Waals surface area contributed by atoms with Gasteiger partial charge in [-0.3, -0.25) is 9.59 Å². The fourth-order valence-corrected chi connectivity index (χ4v) is 2.10. The molecule has 0 saturated heterocycles. The van der Waals surface area contributed by atoms with Crippen molar-refractivity contribution in [3.8, 4) is 5.88 Å². The van der Waals surface area contributed by atoms with Gasteiger partial charge < -0.3 is 15.2 Å². The van der Waals surface area contributed by atoms with Gasteiger partial charge in [0.25, 0.3) is 5.91 Å². The van der Waals surface area contributed by atoms with Crippen LogP contribution in [0.5, 0.6) is 5.88 Å². The van der Waals surface area contributed by atoms with Crippen LogP contribution in [0.4, 0.5) is 0 Å². The average Bonchev–Trinajstić information content (AvgIpc) is 2.55. The SMILES string of the molecule is CCOc1ccc(C(=O)N[C@@H](CC(=O)O)c2ccccc2)cn1. The van der Waals surface area contributed by atoms with Crippen LogP contribution in [0.2, 0.25) is 0 Å². The number of carboxylic acids is 1. The molecule has 2 rings (SSSR count). The summed E-state index contributed by atoms with van der Waals surface area (Å²) in [6.07, 6.45) is 1.21. The maximum atomic E-state index is 12.3. The van der Waals surface area contributed by atoms with Crippen LogP contribution in [0.1, 0.15) is 35.3 Å². The molecular formula is C17H18N2O4. The third-order valence-corrected chi connectivity index (χ3v) is 3.18. The molecule has 0 radical (unpaired) electrons. The Balaban J connectivity index is 2.12. The number of aliphatic carboxylic acids is 1. The predicted octanol–water partition coefficient (Wildman–Crippen LogP) is 2.43. The van der Waals surface area contributed by atoms with Gasteiger partial charge in [0.1, 0.15) is 0 Å². The molecule has 0 aliphatic heterocycles. The van der Waals surface area contributed by atoms with E-state index in [0.29, 0.717) is 18.1 Å². The highest BCUT2D eigenvalue weighted by molar-refractivity contribution is 5.94. The van der Waals surface area contributed by atoms with Gasteiger partial charge in [0.2, 0.25) is 5.88 Å². The van der Waals surface area contributed by atoms with Crippen LogP contribution in [0.25, 0.3) is 0 Å². The van der Waals surface area contributed by atoms with E-state index in [9.17, 15) is 9.59 Å². The number of hydrogen-bond acceptors (Lipinski definition) is 4. The molecule has 0 aliphatic rings. The van der Waals surface area contributed by atoms with Gasteiger partial charge in [-0.15, -0.1) is 0 Å². The van der Waals surface area contributed by atoms with Crippen LogP contribution >= 0.6 is 0 Å². The van der Waals surface area contributed by atoms with E-state index in [1.807, 2.05) is 13.0 Å². The van der Waals surface area contributed by atoms with Gasteiger partial charge in [0.05, 0.1) is 24.6 Å². The molecule has 1 aromatic heterocycles. The van der Waals surface area contributed by atoms with Crippen LogP contribution in [-0.2, 0) is 4.79 Å². The number of aromatic nitrogens is 1. The van der Waals surface area contributed by atoms with Gasteiger partial charge >= 0.3 is 5.97 Å². The molecule has 0 unspecified atom stereocenters. The monoisotopic (exact) mass is 314 g/mol. The van der Waals surface area contributed by atoms with E-state index in [-0.39, 0.29) is 12.3 Å². The number of benzene rings is 1. The number of rotatable bonds is 7. The summed E-state index contributed by atoms with van der Waals surface area (Å²) < 4.78 is 5.22. The summed E-state index contributed by atoms with van der Waals surface area (Å²) in [6.45, 7) is 2.34. The highest BCUT2D eigenvalue weighted by Crippen LogP contribution is 2.17. The second-order valence-electron chi connectivity index (χ2n) is 4.85. The van der Waals surface area contributed by atoms with Crippen LogP contribution < -0.4 is 10.1 Å². The van der Waals surface area contributed by atoms with Crippen molar-refractivity contribution in [2.75, 3.05) is 6.61 Å². The second kappa shape index (κ2) is 7.93. The topological polar surface area (TPSA) is 88.5 Å².